The summed E-state index contributed by atoms with van der Waals surface area (Å²) >= 11 is 0. The molecule has 1 aromatic carbocycles. The Morgan fingerprint density at radius 3 is 2.61 bits per heavy atom. The average Bonchev–Trinajstić information content (AvgIpc) is 2.51. The minimum absolute atomic E-state index is 0.0218. The van der Waals surface area contributed by atoms with Crippen LogP contribution in [0.1, 0.15) is 33.2 Å². The summed E-state index contributed by atoms with van der Waals surface area (Å²) in [6.07, 6.45) is 0.317. The van der Waals surface area contributed by atoms with Gasteiger partial charge >= 0.3 is 0 Å². The van der Waals surface area contributed by atoms with Crippen LogP contribution in [0.15, 0.2) is 29.1 Å². The van der Waals surface area contributed by atoms with Crippen LogP contribution in [0.4, 0.5) is 5.69 Å². The Labute approximate surface area is 132 Å². The van der Waals surface area contributed by atoms with Crippen molar-refractivity contribution < 1.29 is 14.5 Å². The van der Waals surface area contributed by atoms with E-state index in [2.05, 4.69) is 0 Å². The van der Waals surface area contributed by atoms with Crippen LogP contribution in [-0.2, 0) is 4.79 Å². The van der Waals surface area contributed by atoms with Crippen molar-refractivity contribution >= 4 is 22.4 Å². The van der Waals surface area contributed by atoms with Gasteiger partial charge in [-0.2, -0.15) is 0 Å². The van der Waals surface area contributed by atoms with Gasteiger partial charge in [0.25, 0.3) is 11.2 Å². The van der Waals surface area contributed by atoms with E-state index in [4.69, 9.17) is 4.74 Å². The number of carbonyl (C=O) groups is 1. The van der Waals surface area contributed by atoms with Gasteiger partial charge in [0.2, 0.25) is 0 Å². The van der Waals surface area contributed by atoms with Gasteiger partial charge in [0, 0.05) is 30.0 Å². The second kappa shape index (κ2) is 6.60. The zero-order chi connectivity index (χ0) is 17.1. The van der Waals surface area contributed by atoms with E-state index in [-0.39, 0.29) is 35.4 Å². The lowest BCUT2D eigenvalue weighted by Gasteiger charge is -2.16. The van der Waals surface area contributed by atoms with E-state index in [1.165, 1.54) is 22.8 Å². The van der Waals surface area contributed by atoms with E-state index in [0.29, 0.717) is 17.3 Å². The first-order chi connectivity index (χ1) is 10.8. The van der Waals surface area contributed by atoms with Crippen LogP contribution >= 0.6 is 0 Å². The number of ketones is 1. The summed E-state index contributed by atoms with van der Waals surface area (Å²) in [4.78, 5) is 34.4. The van der Waals surface area contributed by atoms with Gasteiger partial charge in [0.05, 0.1) is 10.4 Å². The van der Waals surface area contributed by atoms with Crippen molar-refractivity contribution in [3.63, 3.8) is 0 Å². The third-order valence-corrected chi connectivity index (χ3v) is 3.50. The summed E-state index contributed by atoms with van der Waals surface area (Å²) < 4.78 is 6.84. The number of fused-ring (bicyclic) bond motifs is 1. The van der Waals surface area contributed by atoms with Crippen LogP contribution < -0.4 is 10.3 Å². The zero-order valence-corrected chi connectivity index (χ0v) is 13.2. The van der Waals surface area contributed by atoms with Gasteiger partial charge in [-0.25, -0.2) is 0 Å². The Balaban J connectivity index is 2.63. The molecule has 0 radical (unpaired) electrons. The molecule has 0 saturated heterocycles. The molecular weight excluding hydrogens is 300 g/mol. The predicted octanol–water partition coefficient (Wildman–Crippen LogP) is 2.85. The van der Waals surface area contributed by atoms with Gasteiger partial charge in [0.1, 0.15) is 6.61 Å². The predicted molar refractivity (Wildman–Crippen MR) is 86.0 cm³/mol. The normalized spacial score (nSPS) is 11.0. The molecule has 0 aliphatic rings. The molecule has 2 rings (SSSR count). The molecule has 7 nitrogen and oxygen atoms in total. The number of nitro benzene ring substituents is 1. The summed E-state index contributed by atoms with van der Waals surface area (Å²) in [5.41, 5.74) is 0.164. The molecule has 0 aliphatic carbocycles. The molecule has 0 amide bonds. The SMILES string of the molecule is CCC(=O)COc1cc2cc([N+](=O)[O-])ccc2n(C(C)C)c1=O. The Bertz CT molecular complexity index is 823. The molecule has 0 unspecified atom stereocenters. The topological polar surface area (TPSA) is 91.4 Å². The molecule has 0 spiro atoms. The summed E-state index contributed by atoms with van der Waals surface area (Å²) in [6.45, 7) is 5.19. The summed E-state index contributed by atoms with van der Waals surface area (Å²) in [5.74, 6) is -0.104. The molecule has 1 aromatic heterocycles. The first-order valence-electron chi connectivity index (χ1n) is 7.33. The number of pyridine rings is 1. The van der Waals surface area contributed by atoms with Crippen molar-refractivity contribution in [2.45, 2.75) is 33.2 Å². The van der Waals surface area contributed by atoms with Crippen molar-refractivity contribution in [3.8, 4) is 5.75 Å². The second-order valence-electron chi connectivity index (χ2n) is 5.46. The lowest BCUT2D eigenvalue weighted by atomic mass is 10.1. The number of nitro groups is 1. The number of benzene rings is 1. The van der Waals surface area contributed by atoms with Gasteiger partial charge in [-0.1, -0.05) is 6.92 Å². The van der Waals surface area contributed by atoms with Crippen molar-refractivity contribution in [2.75, 3.05) is 6.61 Å². The molecule has 0 fully saturated rings. The number of hydrogen-bond donors (Lipinski definition) is 0. The van der Waals surface area contributed by atoms with Crippen LogP contribution in [0.5, 0.6) is 5.75 Å². The second-order valence-corrected chi connectivity index (χ2v) is 5.46. The first kappa shape index (κ1) is 16.7. The lowest BCUT2D eigenvalue weighted by Crippen LogP contribution is -2.25. The molecule has 23 heavy (non-hydrogen) atoms. The van der Waals surface area contributed by atoms with Gasteiger partial charge in [0.15, 0.2) is 11.5 Å². The van der Waals surface area contributed by atoms with Crippen LogP contribution in [0, 0.1) is 10.1 Å². The highest BCUT2D eigenvalue weighted by Gasteiger charge is 2.16. The standard InChI is InChI=1S/C16H18N2O5/c1-4-13(19)9-23-15-8-11-7-12(18(21)22)5-6-14(11)17(10(2)3)16(15)20/h5-8,10H,4,9H2,1-3H3. The molecule has 2 aromatic rings. The highest BCUT2D eigenvalue weighted by atomic mass is 16.6. The maximum Gasteiger partial charge on any atom is 0.293 e. The molecular formula is C16H18N2O5. The first-order valence-corrected chi connectivity index (χ1v) is 7.33. The van der Waals surface area contributed by atoms with Crippen molar-refractivity contribution in [1.29, 1.82) is 0 Å². The monoisotopic (exact) mass is 318 g/mol. The number of aromatic nitrogens is 1. The third-order valence-electron chi connectivity index (χ3n) is 3.50. The smallest absolute Gasteiger partial charge is 0.293 e. The largest absolute Gasteiger partial charge is 0.480 e. The average molecular weight is 318 g/mol. The maximum absolute atomic E-state index is 12.5. The fourth-order valence-corrected chi connectivity index (χ4v) is 2.30. The highest BCUT2D eigenvalue weighted by Crippen LogP contribution is 2.24. The lowest BCUT2D eigenvalue weighted by molar-refractivity contribution is -0.384. The quantitative estimate of drug-likeness (QED) is 0.603. The molecule has 0 atom stereocenters. The van der Waals surface area contributed by atoms with Crippen LogP contribution in [0.25, 0.3) is 10.9 Å². The maximum atomic E-state index is 12.5. The Morgan fingerprint density at radius 2 is 2.04 bits per heavy atom. The Kier molecular flexibility index (Phi) is 4.78. The summed E-state index contributed by atoms with van der Waals surface area (Å²) in [7, 11) is 0. The third kappa shape index (κ3) is 3.39. The van der Waals surface area contributed by atoms with Gasteiger partial charge < -0.3 is 9.30 Å². The summed E-state index contributed by atoms with van der Waals surface area (Å²) in [6, 6.07) is 5.60. The number of hydrogen-bond acceptors (Lipinski definition) is 5. The number of nitrogens with zero attached hydrogens (tertiary/aromatic N) is 2. The number of Topliss-reactive ketones (excluding diaryl/α,β-unsaturated/α-hetero) is 1. The number of non-ortho nitro benzene ring substituents is 1. The van der Waals surface area contributed by atoms with Gasteiger partial charge in [-0.15, -0.1) is 0 Å². The van der Waals surface area contributed by atoms with E-state index in [1.54, 1.807) is 13.0 Å². The number of ether oxygens (including phenoxy) is 1. The molecule has 7 heteroatoms. The van der Waals surface area contributed by atoms with Crippen LogP contribution in [-0.4, -0.2) is 21.9 Å². The highest BCUT2D eigenvalue weighted by molar-refractivity contribution is 5.83. The summed E-state index contributed by atoms with van der Waals surface area (Å²) in [5, 5.41) is 11.5. The Morgan fingerprint density at radius 1 is 1.35 bits per heavy atom. The van der Waals surface area contributed by atoms with E-state index in [0.717, 1.165) is 0 Å². The molecule has 0 saturated carbocycles. The molecule has 0 aliphatic heterocycles. The fraction of sp³-hybridized carbons (Fsp3) is 0.375. The van der Waals surface area contributed by atoms with Crippen LogP contribution in [0.2, 0.25) is 0 Å². The number of carbonyl (C=O) groups excluding carboxylic acids is 1. The minimum atomic E-state index is -0.495. The zero-order valence-electron chi connectivity index (χ0n) is 13.2. The van der Waals surface area contributed by atoms with E-state index in [1.807, 2.05) is 13.8 Å². The minimum Gasteiger partial charge on any atom is -0.480 e. The molecule has 1 heterocycles. The fourth-order valence-electron chi connectivity index (χ4n) is 2.30. The molecule has 122 valence electrons. The Hall–Kier alpha value is -2.70. The van der Waals surface area contributed by atoms with E-state index < -0.39 is 4.92 Å². The van der Waals surface area contributed by atoms with Crippen molar-refractivity contribution in [3.05, 3.63) is 44.7 Å². The van der Waals surface area contributed by atoms with Crippen LogP contribution in [0.3, 0.4) is 0 Å². The molecule has 0 N–H and O–H groups in total. The van der Waals surface area contributed by atoms with E-state index in [9.17, 15) is 19.7 Å². The molecule has 0 bridgehead atoms. The number of rotatable bonds is 6. The van der Waals surface area contributed by atoms with E-state index >= 15 is 0 Å². The van der Waals surface area contributed by atoms with Crippen molar-refractivity contribution in [1.82, 2.24) is 4.57 Å². The van der Waals surface area contributed by atoms with Crippen molar-refractivity contribution in [2.24, 2.45) is 0 Å². The van der Waals surface area contributed by atoms with Gasteiger partial charge in [-0.05, 0) is 26.0 Å². The van der Waals surface area contributed by atoms with Gasteiger partial charge in [-0.3, -0.25) is 19.7 Å².